The molecular weight excluding hydrogens is 1430 g/mol. The lowest BCUT2D eigenvalue weighted by Crippen LogP contribution is -2.69. The largest absolute Gasteiger partial charge is 0.476 e. The van der Waals surface area contributed by atoms with Crippen LogP contribution < -0.4 is 15.7 Å². The summed E-state index contributed by atoms with van der Waals surface area (Å²) in [7, 11) is -8.67. The molecule has 0 radical (unpaired) electrons. The van der Waals surface area contributed by atoms with E-state index in [0.29, 0.717) is 22.3 Å². The molecule has 109 heavy (non-hydrogen) atoms. The minimum absolute atomic E-state index is 0.0356. The van der Waals surface area contributed by atoms with Gasteiger partial charge >= 0.3 is 43.8 Å². The fraction of sp³-hybridized carbons (Fsp3) is 0.294. The minimum atomic E-state index is -5.06. The van der Waals surface area contributed by atoms with E-state index in [1.54, 1.807) is 182 Å². The zero-order chi connectivity index (χ0) is 76.9. The first-order chi connectivity index (χ1) is 52.6. The molecule has 2 saturated heterocycles. The van der Waals surface area contributed by atoms with Gasteiger partial charge in [0.15, 0.2) is 49.1 Å². The molecule has 10 atom stereocenters. The van der Waals surface area contributed by atoms with Gasteiger partial charge in [0.2, 0.25) is 0 Å². The second-order valence-corrected chi connectivity index (χ2v) is 33.3. The average molecular weight is 1520 g/mol. The van der Waals surface area contributed by atoms with Crippen molar-refractivity contribution in [2.45, 2.75) is 141 Å². The van der Waals surface area contributed by atoms with Crippen LogP contribution in [0.5, 0.6) is 0 Å². The standard InChI is InChI=1S/C85H88NO21PSi/c1-57-38-44-65(45-39-57)78(88)104-73-72(56-100-109(85(5,6)7,68-34-22-12-23-35-68)69-36-24-13-25-37-69)103-83(76(106-80(90)67-48-42-59(3)43-49-67)75(73)105-79(89)66-46-40-58(2)41-47-66)102-71-55-96-82(95-54-70(81(91)94-50-61-26-14-8-15-27-61)86-84(92)97-51-62-28-16-9-17-29-62)77(74(71)101-60(4)87)107-108(93,98-52-63-30-18-10-19-31-63)99-53-64-32-20-11-21-33-64/h8-49,70-77,82-83H,50-56H2,1-7H3,(H,86,92)/t70-,71+,72+,73-,74-,75-,76+,77+,82+,83-/m0/s1. The Labute approximate surface area is 634 Å². The second kappa shape index (κ2) is 37.7. The summed E-state index contributed by atoms with van der Waals surface area (Å²) in [5.74, 6) is -4.74. The Morgan fingerprint density at radius 3 is 1.31 bits per heavy atom. The van der Waals surface area contributed by atoms with Gasteiger partial charge in [0.05, 0.1) is 49.7 Å². The normalized spacial score (nSPS) is 19.6. The summed E-state index contributed by atoms with van der Waals surface area (Å²) in [5, 5.41) is 3.60. The molecule has 1 amide bonds. The van der Waals surface area contributed by atoms with E-state index < -0.39 is 138 Å². The van der Waals surface area contributed by atoms with E-state index in [1.807, 2.05) is 81.4 Å². The number of benzene rings is 9. The Morgan fingerprint density at radius 1 is 0.477 bits per heavy atom. The molecule has 9 aromatic carbocycles. The van der Waals surface area contributed by atoms with Crippen LogP contribution in [0.1, 0.15) is 97.7 Å². The zero-order valence-corrected chi connectivity index (χ0v) is 63.4. The molecule has 22 nitrogen and oxygen atoms in total. The van der Waals surface area contributed by atoms with E-state index in [9.17, 15) is 14.4 Å². The number of rotatable bonds is 31. The van der Waals surface area contributed by atoms with Gasteiger partial charge in [-0.2, -0.15) is 0 Å². The Morgan fingerprint density at radius 2 is 0.881 bits per heavy atom. The molecule has 24 heteroatoms. The van der Waals surface area contributed by atoms with E-state index in [-0.39, 0.29) is 43.1 Å². The summed E-state index contributed by atoms with van der Waals surface area (Å²) in [6, 6.07) is 72.3. The number of carbonyl (C=O) groups is 6. The Balaban J connectivity index is 1.04. The third kappa shape index (κ3) is 21.6. The number of aryl methyl sites for hydroxylation is 3. The van der Waals surface area contributed by atoms with Gasteiger partial charge in [-0.25, -0.2) is 28.5 Å². The van der Waals surface area contributed by atoms with E-state index >= 15 is 18.9 Å². The number of hydrogen-bond acceptors (Lipinski definition) is 21. The third-order valence-corrected chi connectivity index (χ3v) is 24.6. The molecule has 2 aliphatic rings. The molecule has 2 fully saturated rings. The van der Waals surface area contributed by atoms with Crippen molar-refractivity contribution in [1.29, 1.82) is 0 Å². The zero-order valence-electron chi connectivity index (χ0n) is 61.5. The number of nitrogens with one attached hydrogen (secondary N) is 1. The fourth-order valence-corrected chi connectivity index (χ4v) is 18.5. The third-order valence-electron chi connectivity index (χ3n) is 18.2. The molecule has 0 unspecified atom stereocenters. The van der Waals surface area contributed by atoms with Crippen LogP contribution >= 0.6 is 7.82 Å². The van der Waals surface area contributed by atoms with Crippen LogP contribution in [-0.4, -0.2) is 125 Å². The maximum absolute atomic E-state index is 15.9. The smallest absolute Gasteiger partial charge is 0.459 e. The highest BCUT2D eigenvalue weighted by Gasteiger charge is 2.59. The van der Waals surface area contributed by atoms with E-state index in [2.05, 4.69) is 26.1 Å². The summed E-state index contributed by atoms with van der Waals surface area (Å²) in [6.07, 6.45) is -17.5. The monoisotopic (exact) mass is 1520 g/mol. The summed E-state index contributed by atoms with van der Waals surface area (Å²) < 4.78 is 108. The van der Waals surface area contributed by atoms with Crippen LogP contribution in [0, 0.1) is 20.8 Å². The van der Waals surface area contributed by atoms with Gasteiger partial charge in [-0.3, -0.25) is 18.4 Å². The van der Waals surface area contributed by atoms with Gasteiger partial charge in [0.1, 0.15) is 25.4 Å². The second-order valence-electron chi connectivity index (χ2n) is 27.4. The lowest BCUT2D eigenvalue weighted by atomic mass is 9.97. The molecule has 9 aromatic rings. The Bertz CT molecular complexity index is 4400. The fourth-order valence-electron chi connectivity index (χ4n) is 12.6. The van der Waals surface area contributed by atoms with E-state index in [4.69, 9.17) is 65.4 Å². The molecule has 568 valence electrons. The highest BCUT2D eigenvalue weighted by Crippen LogP contribution is 2.54. The Hall–Kier alpha value is -10.3. The molecular formula is C85H88NO21PSi. The van der Waals surface area contributed by atoms with E-state index in [1.165, 1.54) is 12.1 Å². The molecule has 11 rings (SSSR count). The SMILES string of the molecule is CC(=O)O[C@@H]1[C@@H](OP(=O)(OCc2ccccc2)OCc2ccccc2)[C@H](OC[C@H](NC(=O)OCc2ccccc2)C(=O)OCc2ccccc2)OC[C@H]1O[C@H]1O[C@H](CO[Si](c2ccccc2)(c2ccccc2)C(C)(C)C)[C@H](OC(=O)c2ccc(C)cc2)[C@H](OC(=O)c2ccc(C)cc2)[C@H]1OC(=O)c1ccc(C)cc1. The van der Waals surface area contributed by atoms with Gasteiger partial charge in [0.25, 0.3) is 8.32 Å². The maximum atomic E-state index is 15.9. The van der Waals surface area contributed by atoms with Crippen LogP contribution in [0.2, 0.25) is 5.04 Å². The number of esters is 5. The van der Waals surface area contributed by atoms with Gasteiger partial charge < -0.3 is 57.1 Å². The highest BCUT2D eigenvalue weighted by molar-refractivity contribution is 7.48. The number of amides is 1. The van der Waals surface area contributed by atoms with Crippen molar-refractivity contribution < 1.29 is 98.7 Å². The molecule has 0 aromatic heterocycles. The molecule has 0 aliphatic carbocycles. The van der Waals surface area contributed by atoms with Gasteiger partial charge in [-0.1, -0.05) is 256 Å². The lowest BCUT2D eigenvalue weighted by molar-refractivity contribution is -0.340. The summed E-state index contributed by atoms with van der Waals surface area (Å²) in [4.78, 5) is 87.6. The van der Waals surface area contributed by atoms with Crippen molar-refractivity contribution in [1.82, 2.24) is 5.32 Å². The topological polar surface area (TPSA) is 261 Å². The number of carbonyl (C=O) groups excluding carboxylic acids is 6. The van der Waals surface area contributed by atoms with Crippen molar-refractivity contribution in [3.63, 3.8) is 0 Å². The van der Waals surface area contributed by atoms with E-state index in [0.717, 1.165) is 34.0 Å². The average Bonchev–Trinajstić information content (AvgIpc) is 0.745. The van der Waals surface area contributed by atoms with Crippen molar-refractivity contribution in [2.24, 2.45) is 0 Å². The molecule has 0 bridgehead atoms. The first-order valence-corrected chi connectivity index (χ1v) is 39.1. The van der Waals surface area contributed by atoms with Crippen LogP contribution in [0.4, 0.5) is 4.79 Å². The maximum Gasteiger partial charge on any atom is 0.476 e. The molecule has 0 spiro atoms. The lowest BCUT2D eigenvalue weighted by Gasteiger charge is -2.48. The molecule has 0 saturated carbocycles. The van der Waals surface area contributed by atoms with Crippen molar-refractivity contribution in [3.8, 4) is 0 Å². The first kappa shape index (κ1) is 79.8. The predicted molar refractivity (Wildman–Crippen MR) is 404 cm³/mol. The first-order valence-electron chi connectivity index (χ1n) is 35.7. The van der Waals surface area contributed by atoms with Gasteiger partial charge in [-0.15, -0.1) is 0 Å². The minimum Gasteiger partial charge on any atom is -0.459 e. The number of hydrogen-bond donors (Lipinski definition) is 1. The van der Waals surface area contributed by atoms with Crippen LogP contribution in [-0.2, 0) is 106 Å². The van der Waals surface area contributed by atoms with Crippen LogP contribution in [0.3, 0.4) is 0 Å². The summed E-state index contributed by atoms with van der Waals surface area (Å²) in [6.45, 7) is 9.80. The number of ether oxygens (including phenoxy) is 10. The number of phosphoric acid groups is 1. The van der Waals surface area contributed by atoms with Crippen molar-refractivity contribution >= 4 is 62.5 Å². The van der Waals surface area contributed by atoms with Gasteiger partial charge in [0, 0.05) is 6.92 Å². The molecule has 1 N–H and O–H groups in total. The molecule has 2 heterocycles. The van der Waals surface area contributed by atoms with Crippen molar-refractivity contribution in [3.05, 3.63) is 310 Å². The summed E-state index contributed by atoms with van der Waals surface area (Å²) in [5.41, 5.74) is 4.99. The Kier molecular flexibility index (Phi) is 27.6. The van der Waals surface area contributed by atoms with Gasteiger partial charge in [-0.05, 0) is 94.8 Å². The van der Waals surface area contributed by atoms with Crippen LogP contribution in [0.15, 0.2) is 255 Å². The van der Waals surface area contributed by atoms with Crippen molar-refractivity contribution in [2.75, 3.05) is 19.8 Å². The number of alkyl carbamates (subject to hydrolysis) is 1. The highest BCUT2D eigenvalue weighted by atomic mass is 31.2. The quantitative estimate of drug-likeness (QED) is 0.0183. The number of phosphoric ester groups is 1. The predicted octanol–water partition coefficient (Wildman–Crippen LogP) is 13.5. The summed E-state index contributed by atoms with van der Waals surface area (Å²) >= 11 is 0. The van der Waals surface area contributed by atoms with Crippen LogP contribution in [0.25, 0.3) is 0 Å². The molecule has 2 aliphatic heterocycles.